The average Bonchev–Trinajstić information content (AvgIpc) is 2.92. The van der Waals surface area contributed by atoms with Crippen LogP contribution in [0.2, 0.25) is 0 Å². The van der Waals surface area contributed by atoms with Gasteiger partial charge in [0.2, 0.25) is 5.88 Å². The summed E-state index contributed by atoms with van der Waals surface area (Å²) >= 11 is 0. The predicted molar refractivity (Wildman–Crippen MR) is 127 cm³/mol. The number of aliphatic hydroxyl groups excluding tert-OH is 2. The van der Waals surface area contributed by atoms with E-state index in [1.807, 2.05) is 18.2 Å². The summed E-state index contributed by atoms with van der Waals surface area (Å²) < 4.78 is 25.8. The minimum Gasteiger partial charge on any atom is -0.474 e. The summed E-state index contributed by atoms with van der Waals surface area (Å²) in [5, 5.41) is 20.8. The smallest absolute Gasteiger partial charge is 0.238 e. The van der Waals surface area contributed by atoms with Crippen LogP contribution in [-0.4, -0.2) is 69.7 Å². The topological polar surface area (TPSA) is 114 Å². The molecule has 1 aliphatic heterocycles. The van der Waals surface area contributed by atoms with Gasteiger partial charge in [0.25, 0.3) is 0 Å². The lowest BCUT2D eigenvalue weighted by Crippen LogP contribution is -2.36. The normalized spacial score (nSPS) is 14.8. The number of fused-ring (bicyclic) bond motifs is 1. The molecule has 1 fully saturated rings. The molecular weight excluding hydrogens is 453 g/mol. The van der Waals surface area contributed by atoms with Crippen LogP contribution in [0.5, 0.6) is 5.88 Å². The Kier molecular flexibility index (Phi) is 6.75. The van der Waals surface area contributed by atoms with E-state index in [1.54, 1.807) is 6.07 Å². The molecule has 0 radical (unpaired) electrons. The SMILES string of the molecule is OCCOc1nccnc1C(O)c1ccc(F)c(-c2ncnc3cc(N4CCOCC4)ccc23)c1. The predicted octanol–water partition coefficient (Wildman–Crippen LogP) is 2.52. The number of aromatic nitrogens is 4. The second-order valence-corrected chi connectivity index (χ2v) is 7.98. The average molecular weight is 477 g/mol. The van der Waals surface area contributed by atoms with E-state index in [4.69, 9.17) is 14.6 Å². The number of benzene rings is 2. The fourth-order valence-corrected chi connectivity index (χ4v) is 4.11. The van der Waals surface area contributed by atoms with Crippen LogP contribution in [0.15, 0.2) is 55.1 Å². The number of anilines is 1. The zero-order chi connectivity index (χ0) is 24.2. The van der Waals surface area contributed by atoms with E-state index in [-0.39, 0.29) is 30.4 Å². The van der Waals surface area contributed by atoms with Gasteiger partial charge in [0.05, 0.1) is 31.0 Å². The minimum absolute atomic E-state index is 0.00640. The molecule has 3 heterocycles. The molecule has 9 nitrogen and oxygen atoms in total. The van der Waals surface area contributed by atoms with E-state index in [0.29, 0.717) is 35.4 Å². The van der Waals surface area contributed by atoms with Crippen LogP contribution in [-0.2, 0) is 4.74 Å². The Morgan fingerprint density at radius 2 is 1.86 bits per heavy atom. The van der Waals surface area contributed by atoms with Crippen molar-refractivity contribution in [2.24, 2.45) is 0 Å². The zero-order valence-corrected chi connectivity index (χ0v) is 18.8. The van der Waals surface area contributed by atoms with Crippen molar-refractivity contribution >= 4 is 16.6 Å². The number of halogens is 1. The van der Waals surface area contributed by atoms with Crippen LogP contribution in [0.1, 0.15) is 17.4 Å². The van der Waals surface area contributed by atoms with E-state index >= 15 is 4.39 Å². The molecule has 5 rings (SSSR count). The lowest BCUT2D eigenvalue weighted by molar-refractivity contribution is 0.122. The Bertz CT molecular complexity index is 1330. The lowest BCUT2D eigenvalue weighted by Gasteiger charge is -2.29. The zero-order valence-electron chi connectivity index (χ0n) is 18.8. The van der Waals surface area contributed by atoms with Gasteiger partial charge in [-0.25, -0.2) is 19.3 Å². The Balaban J connectivity index is 1.52. The van der Waals surface area contributed by atoms with Crippen molar-refractivity contribution in [3.05, 3.63) is 72.2 Å². The summed E-state index contributed by atoms with van der Waals surface area (Å²) in [6.07, 6.45) is 3.04. The maximum atomic E-state index is 15.0. The second-order valence-electron chi connectivity index (χ2n) is 7.98. The number of hydrogen-bond donors (Lipinski definition) is 2. The molecule has 2 aromatic heterocycles. The van der Waals surface area contributed by atoms with E-state index in [2.05, 4.69) is 24.8 Å². The lowest BCUT2D eigenvalue weighted by atomic mass is 9.99. The highest BCUT2D eigenvalue weighted by atomic mass is 19.1. The Hall–Kier alpha value is -3.73. The number of hydrogen-bond acceptors (Lipinski definition) is 9. The van der Waals surface area contributed by atoms with Gasteiger partial charge in [-0.3, -0.25) is 4.98 Å². The summed E-state index contributed by atoms with van der Waals surface area (Å²) in [6, 6.07) is 10.1. The molecule has 0 bridgehead atoms. The maximum Gasteiger partial charge on any atom is 0.238 e. The summed E-state index contributed by atoms with van der Waals surface area (Å²) in [5.41, 5.74) is 2.93. The Morgan fingerprint density at radius 3 is 2.69 bits per heavy atom. The van der Waals surface area contributed by atoms with Gasteiger partial charge < -0.3 is 24.6 Å². The molecule has 2 N–H and O–H groups in total. The summed E-state index contributed by atoms with van der Waals surface area (Å²) in [4.78, 5) is 19.3. The Labute approximate surface area is 200 Å². The number of aliphatic hydroxyl groups is 2. The van der Waals surface area contributed by atoms with Gasteiger partial charge in [-0.15, -0.1) is 0 Å². The van der Waals surface area contributed by atoms with E-state index in [1.165, 1.54) is 30.9 Å². The molecule has 0 saturated carbocycles. The second kappa shape index (κ2) is 10.3. The van der Waals surface area contributed by atoms with Gasteiger partial charge in [0, 0.05) is 42.1 Å². The highest BCUT2D eigenvalue weighted by molar-refractivity contribution is 5.94. The Morgan fingerprint density at radius 1 is 1.03 bits per heavy atom. The molecule has 2 aromatic carbocycles. The number of rotatable bonds is 7. The quantitative estimate of drug-likeness (QED) is 0.414. The first kappa shape index (κ1) is 23.0. The van der Waals surface area contributed by atoms with Crippen molar-refractivity contribution in [2.45, 2.75) is 6.10 Å². The van der Waals surface area contributed by atoms with Crippen LogP contribution < -0.4 is 9.64 Å². The fourth-order valence-electron chi connectivity index (χ4n) is 4.11. The van der Waals surface area contributed by atoms with Gasteiger partial charge in [-0.2, -0.15) is 0 Å². The highest BCUT2D eigenvalue weighted by Crippen LogP contribution is 2.34. The summed E-state index contributed by atoms with van der Waals surface area (Å²) in [5.74, 6) is -0.378. The first-order chi connectivity index (χ1) is 17.2. The first-order valence-electron chi connectivity index (χ1n) is 11.3. The van der Waals surface area contributed by atoms with Gasteiger partial charge in [-0.1, -0.05) is 6.07 Å². The van der Waals surface area contributed by atoms with Crippen molar-refractivity contribution in [1.82, 2.24) is 19.9 Å². The van der Waals surface area contributed by atoms with Gasteiger partial charge in [0.1, 0.15) is 30.5 Å². The van der Waals surface area contributed by atoms with Crippen LogP contribution >= 0.6 is 0 Å². The summed E-state index contributed by atoms with van der Waals surface area (Å²) in [7, 11) is 0. The molecular formula is C25H24FN5O4. The molecule has 10 heteroatoms. The van der Waals surface area contributed by atoms with Gasteiger partial charge >= 0.3 is 0 Å². The number of ether oxygens (including phenoxy) is 2. The van der Waals surface area contributed by atoms with Crippen LogP contribution in [0.3, 0.4) is 0 Å². The van der Waals surface area contributed by atoms with E-state index in [0.717, 1.165) is 18.8 Å². The van der Waals surface area contributed by atoms with Crippen molar-refractivity contribution < 1.29 is 24.1 Å². The van der Waals surface area contributed by atoms with Crippen LogP contribution in [0, 0.1) is 5.82 Å². The van der Waals surface area contributed by atoms with Crippen LogP contribution in [0.4, 0.5) is 10.1 Å². The van der Waals surface area contributed by atoms with E-state index in [9.17, 15) is 5.11 Å². The third kappa shape index (κ3) is 4.76. The molecule has 4 aromatic rings. The van der Waals surface area contributed by atoms with Crippen molar-refractivity contribution in [3.63, 3.8) is 0 Å². The highest BCUT2D eigenvalue weighted by Gasteiger charge is 2.21. The van der Waals surface area contributed by atoms with Crippen molar-refractivity contribution in [2.75, 3.05) is 44.4 Å². The molecule has 1 aliphatic rings. The van der Waals surface area contributed by atoms with Gasteiger partial charge in [0.15, 0.2) is 0 Å². The van der Waals surface area contributed by atoms with Crippen molar-refractivity contribution in [1.29, 1.82) is 0 Å². The van der Waals surface area contributed by atoms with Crippen molar-refractivity contribution in [3.8, 4) is 17.1 Å². The minimum atomic E-state index is -1.22. The maximum absolute atomic E-state index is 15.0. The number of morpholine rings is 1. The molecule has 35 heavy (non-hydrogen) atoms. The van der Waals surface area contributed by atoms with Crippen LogP contribution in [0.25, 0.3) is 22.2 Å². The molecule has 1 saturated heterocycles. The molecule has 0 spiro atoms. The summed E-state index contributed by atoms with van der Waals surface area (Å²) in [6.45, 7) is 2.74. The molecule has 0 aliphatic carbocycles. The first-order valence-corrected chi connectivity index (χ1v) is 11.3. The standard InChI is InChI=1S/C25H24FN5O4/c26-20-4-1-16(24(33)23-25(35-12-9-32)28-6-5-27-23)13-19(20)22-18-3-2-17(14-21(18)29-15-30-22)31-7-10-34-11-8-31/h1-6,13-15,24,32-33H,7-12H2. The third-order valence-corrected chi connectivity index (χ3v) is 5.84. The molecule has 1 atom stereocenters. The largest absolute Gasteiger partial charge is 0.474 e. The number of nitrogens with zero attached hydrogens (tertiary/aromatic N) is 5. The van der Waals surface area contributed by atoms with E-state index < -0.39 is 11.9 Å². The monoisotopic (exact) mass is 477 g/mol. The molecule has 0 amide bonds. The fraction of sp³-hybridized carbons (Fsp3) is 0.280. The molecule has 1 unspecified atom stereocenters. The van der Waals surface area contributed by atoms with Gasteiger partial charge in [-0.05, 0) is 35.9 Å². The third-order valence-electron chi connectivity index (χ3n) is 5.84. The molecule has 180 valence electrons.